The van der Waals surface area contributed by atoms with Gasteiger partial charge in [-0.05, 0) is 64.5 Å². The average molecular weight is 343 g/mol. The Morgan fingerprint density at radius 3 is 2.36 bits per heavy atom. The Hall–Kier alpha value is -1.84. The minimum atomic E-state index is -0.540. The standard InChI is InChI=1S/C21H29NO3/c1-21(2,3)25-20(24)18-14-13-15-9-7-8-12-17(15)22(18)19(23)16-10-5-4-6-11-16/h4-6,10-11,15,17-18H,7-9,12-14H2,1-3H3/t15-,17-,18-/m1/s1. The second kappa shape index (κ2) is 7.19. The zero-order chi connectivity index (χ0) is 18.0. The molecule has 1 aromatic rings. The summed E-state index contributed by atoms with van der Waals surface area (Å²) in [6.07, 6.45) is 6.21. The molecular weight excluding hydrogens is 314 g/mol. The lowest BCUT2D eigenvalue weighted by Gasteiger charge is -2.48. The summed E-state index contributed by atoms with van der Waals surface area (Å²) in [5.41, 5.74) is 0.115. The second-order valence-corrected chi connectivity index (χ2v) is 8.32. The summed E-state index contributed by atoms with van der Waals surface area (Å²) in [5, 5.41) is 0. The van der Waals surface area contributed by atoms with E-state index in [1.807, 2.05) is 56.0 Å². The number of benzene rings is 1. The van der Waals surface area contributed by atoms with Crippen molar-refractivity contribution in [2.75, 3.05) is 0 Å². The van der Waals surface area contributed by atoms with Gasteiger partial charge in [-0.2, -0.15) is 0 Å². The number of fused-ring (bicyclic) bond motifs is 1. The highest BCUT2D eigenvalue weighted by Gasteiger charge is 2.45. The van der Waals surface area contributed by atoms with Crippen molar-refractivity contribution in [2.24, 2.45) is 5.92 Å². The van der Waals surface area contributed by atoms with Gasteiger partial charge >= 0.3 is 5.97 Å². The molecule has 1 heterocycles. The predicted octanol–water partition coefficient (Wildman–Crippen LogP) is 4.19. The minimum Gasteiger partial charge on any atom is -0.458 e. The Balaban J connectivity index is 1.90. The van der Waals surface area contributed by atoms with Crippen molar-refractivity contribution in [3.63, 3.8) is 0 Å². The van der Waals surface area contributed by atoms with Crippen molar-refractivity contribution in [2.45, 2.75) is 77.0 Å². The Labute approximate surface area is 150 Å². The summed E-state index contributed by atoms with van der Waals surface area (Å²) in [6, 6.07) is 9.01. The third kappa shape index (κ3) is 4.05. The number of esters is 1. The van der Waals surface area contributed by atoms with Crippen LogP contribution in [0.1, 0.15) is 69.7 Å². The molecule has 25 heavy (non-hydrogen) atoms. The van der Waals surface area contributed by atoms with Crippen LogP contribution in [0.25, 0.3) is 0 Å². The number of piperidine rings is 1. The molecule has 3 rings (SSSR count). The van der Waals surface area contributed by atoms with Gasteiger partial charge in [0, 0.05) is 11.6 Å². The van der Waals surface area contributed by atoms with Crippen LogP contribution in [-0.2, 0) is 9.53 Å². The monoisotopic (exact) mass is 343 g/mol. The van der Waals surface area contributed by atoms with Gasteiger partial charge in [-0.15, -0.1) is 0 Å². The third-order valence-electron chi connectivity index (χ3n) is 5.31. The van der Waals surface area contributed by atoms with Gasteiger partial charge < -0.3 is 9.64 Å². The number of rotatable bonds is 2. The highest BCUT2D eigenvalue weighted by molar-refractivity contribution is 5.97. The lowest BCUT2D eigenvalue weighted by Crippen LogP contribution is -2.58. The zero-order valence-corrected chi connectivity index (χ0v) is 15.5. The van der Waals surface area contributed by atoms with Crippen LogP contribution in [0, 0.1) is 5.92 Å². The van der Waals surface area contributed by atoms with Crippen molar-refractivity contribution in [3.8, 4) is 0 Å². The van der Waals surface area contributed by atoms with E-state index in [9.17, 15) is 9.59 Å². The summed E-state index contributed by atoms with van der Waals surface area (Å²) < 4.78 is 5.64. The predicted molar refractivity (Wildman–Crippen MR) is 97.2 cm³/mol. The molecule has 0 bridgehead atoms. The Morgan fingerprint density at radius 1 is 1.00 bits per heavy atom. The van der Waals surface area contributed by atoms with Crippen LogP contribution in [-0.4, -0.2) is 34.5 Å². The summed E-state index contributed by atoms with van der Waals surface area (Å²) in [6.45, 7) is 5.63. The van der Waals surface area contributed by atoms with E-state index >= 15 is 0 Å². The van der Waals surface area contributed by atoms with E-state index in [0.717, 1.165) is 25.7 Å². The molecule has 0 N–H and O–H groups in total. The molecule has 0 unspecified atom stereocenters. The van der Waals surface area contributed by atoms with Gasteiger partial charge in [-0.25, -0.2) is 4.79 Å². The van der Waals surface area contributed by atoms with Gasteiger partial charge in [0.1, 0.15) is 11.6 Å². The fourth-order valence-electron chi connectivity index (χ4n) is 4.26. The first-order valence-electron chi connectivity index (χ1n) is 9.47. The van der Waals surface area contributed by atoms with E-state index in [-0.39, 0.29) is 17.9 Å². The Kier molecular flexibility index (Phi) is 5.16. The maximum absolute atomic E-state index is 13.3. The highest BCUT2D eigenvalue weighted by Crippen LogP contribution is 2.39. The fraction of sp³-hybridized carbons (Fsp3) is 0.619. The van der Waals surface area contributed by atoms with Gasteiger partial charge in [0.05, 0.1) is 0 Å². The number of ether oxygens (including phenoxy) is 1. The molecule has 136 valence electrons. The van der Waals surface area contributed by atoms with E-state index in [1.54, 1.807) is 0 Å². The molecule has 1 saturated carbocycles. The summed E-state index contributed by atoms with van der Waals surface area (Å²) in [7, 11) is 0. The van der Waals surface area contributed by atoms with E-state index in [0.29, 0.717) is 17.9 Å². The molecule has 0 radical (unpaired) electrons. The van der Waals surface area contributed by atoms with Crippen LogP contribution >= 0.6 is 0 Å². The molecule has 2 fully saturated rings. The molecule has 1 aliphatic carbocycles. The maximum atomic E-state index is 13.3. The van der Waals surface area contributed by atoms with Crippen LogP contribution in [0.5, 0.6) is 0 Å². The van der Waals surface area contributed by atoms with E-state index < -0.39 is 11.6 Å². The SMILES string of the molecule is CC(C)(C)OC(=O)[C@H]1CC[C@H]2CCCC[C@H]2N1C(=O)c1ccccc1. The topological polar surface area (TPSA) is 46.6 Å². The van der Waals surface area contributed by atoms with Crippen LogP contribution in [0.4, 0.5) is 0 Å². The quantitative estimate of drug-likeness (QED) is 0.756. The summed E-state index contributed by atoms with van der Waals surface area (Å²) >= 11 is 0. The fourth-order valence-corrected chi connectivity index (χ4v) is 4.26. The van der Waals surface area contributed by atoms with Crippen molar-refractivity contribution in [1.82, 2.24) is 4.90 Å². The van der Waals surface area contributed by atoms with Crippen LogP contribution in [0.2, 0.25) is 0 Å². The molecule has 4 heteroatoms. The first kappa shape index (κ1) is 18.0. The van der Waals surface area contributed by atoms with Crippen LogP contribution in [0.3, 0.4) is 0 Å². The number of nitrogens with zero attached hydrogens (tertiary/aromatic N) is 1. The third-order valence-corrected chi connectivity index (χ3v) is 5.31. The molecule has 2 aliphatic rings. The van der Waals surface area contributed by atoms with Crippen molar-refractivity contribution < 1.29 is 14.3 Å². The first-order valence-corrected chi connectivity index (χ1v) is 9.47. The molecule has 0 spiro atoms. The number of likely N-dealkylation sites (tertiary alicyclic amines) is 1. The molecular formula is C21H29NO3. The lowest BCUT2D eigenvalue weighted by atomic mass is 9.76. The van der Waals surface area contributed by atoms with Gasteiger partial charge in [0.25, 0.3) is 5.91 Å². The first-order chi connectivity index (χ1) is 11.9. The van der Waals surface area contributed by atoms with Crippen molar-refractivity contribution in [3.05, 3.63) is 35.9 Å². The van der Waals surface area contributed by atoms with E-state index in [4.69, 9.17) is 4.74 Å². The van der Waals surface area contributed by atoms with Gasteiger partial charge in [0.15, 0.2) is 0 Å². The van der Waals surface area contributed by atoms with Crippen LogP contribution < -0.4 is 0 Å². The number of carbonyl (C=O) groups excluding carboxylic acids is 2. The largest absolute Gasteiger partial charge is 0.458 e. The maximum Gasteiger partial charge on any atom is 0.329 e. The Morgan fingerprint density at radius 2 is 1.68 bits per heavy atom. The van der Waals surface area contributed by atoms with Crippen LogP contribution in [0.15, 0.2) is 30.3 Å². The molecule has 1 aromatic carbocycles. The normalized spacial score (nSPS) is 26.7. The summed E-state index contributed by atoms with van der Waals surface area (Å²) in [5.74, 6) is 0.217. The number of hydrogen-bond donors (Lipinski definition) is 0. The molecule has 0 aromatic heterocycles. The molecule has 1 aliphatic heterocycles. The van der Waals surface area contributed by atoms with Gasteiger partial charge in [0.2, 0.25) is 0 Å². The molecule has 4 nitrogen and oxygen atoms in total. The smallest absolute Gasteiger partial charge is 0.329 e. The lowest BCUT2D eigenvalue weighted by molar-refractivity contribution is -0.164. The van der Waals surface area contributed by atoms with E-state index in [2.05, 4.69) is 0 Å². The van der Waals surface area contributed by atoms with E-state index in [1.165, 1.54) is 6.42 Å². The zero-order valence-electron chi connectivity index (χ0n) is 15.5. The van der Waals surface area contributed by atoms with Gasteiger partial charge in [-0.3, -0.25) is 4.79 Å². The number of amides is 1. The van der Waals surface area contributed by atoms with Crippen molar-refractivity contribution >= 4 is 11.9 Å². The molecule has 1 amide bonds. The Bertz CT molecular complexity index is 620. The molecule has 3 atom stereocenters. The van der Waals surface area contributed by atoms with Crippen molar-refractivity contribution in [1.29, 1.82) is 0 Å². The summed E-state index contributed by atoms with van der Waals surface area (Å²) in [4.78, 5) is 27.9. The minimum absolute atomic E-state index is 0.0342. The highest BCUT2D eigenvalue weighted by atomic mass is 16.6. The second-order valence-electron chi connectivity index (χ2n) is 8.32. The average Bonchev–Trinajstić information content (AvgIpc) is 2.59. The number of carbonyl (C=O) groups is 2. The van der Waals surface area contributed by atoms with Gasteiger partial charge in [-0.1, -0.05) is 31.0 Å². The molecule has 1 saturated heterocycles. The number of hydrogen-bond acceptors (Lipinski definition) is 3.